The predicted octanol–water partition coefficient (Wildman–Crippen LogP) is 3.25. The standard InChI is InChI=1S/C18H21FN4O2/c1-2-23(18(24)25)15-7-9-22(10-8-15)17-12-20-11-16(21-17)13-3-5-14(19)6-4-13/h3-6,11-12,15H,2,7-10H2,1H3,(H,24,25). The SMILES string of the molecule is CCN(C(=O)O)C1CCN(c2cncc(-c3ccc(F)cc3)n2)CC1. The van der Waals surface area contributed by atoms with E-state index >= 15 is 0 Å². The quantitative estimate of drug-likeness (QED) is 0.922. The molecule has 2 heterocycles. The van der Waals surface area contributed by atoms with Gasteiger partial charge in [0.1, 0.15) is 11.6 Å². The number of carboxylic acid groups (broad SMARTS) is 1. The van der Waals surface area contributed by atoms with Crippen LogP contribution < -0.4 is 4.90 Å². The van der Waals surface area contributed by atoms with E-state index in [4.69, 9.17) is 0 Å². The van der Waals surface area contributed by atoms with Crippen molar-refractivity contribution in [2.24, 2.45) is 0 Å². The van der Waals surface area contributed by atoms with Gasteiger partial charge in [-0.2, -0.15) is 0 Å². The van der Waals surface area contributed by atoms with Crippen LogP contribution in [0.3, 0.4) is 0 Å². The topological polar surface area (TPSA) is 69.6 Å². The van der Waals surface area contributed by atoms with E-state index in [0.29, 0.717) is 12.2 Å². The van der Waals surface area contributed by atoms with Crippen LogP contribution in [0.2, 0.25) is 0 Å². The number of nitrogens with zero attached hydrogens (tertiary/aromatic N) is 4. The van der Waals surface area contributed by atoms with Gasteiger partial charge in [0.2, 0.25) is 0 Å². The molecule has 132 valence electrons. The summed E-state index contributed by atoms with van der Waals surface area (Å²) < 4.78 is 13.1. The minimum atomic E-state index is -0.862. The zero-order valence-electron chi connectivity index (χ0n) is 14.1. The van der Waals surface area contributed by atoms with Crippen LogP contribution >= 0.6 is 0 Å². The van der Waals surface area contributed by atoms with Crippen LogP contribution in [0.4, 0.5) is 15.0 Å². The fourth-order valence-electron chi connectivity index (χ4n) is 3.22. The van der Waals surface area contributed by atoms with Gasteiger partial charge in [0.05, 0.1) is 18.1 Å². The van der Waals surface area contributed by atoms with Crippen molar-refractivity contribution in [1.82, 2.24) is 14.9 Å². The maximum atomic E-state index is 13.1. The number of halogens is 1. The van der Waals surface area contributed by atoms with Crippen LogP contribution in [0.15, 0.2) is 36.7 Å². The molecule has 0 saturated carbocycles. The molecule has 0 unspecified atom stereocenters. The van der Waals surface area contributed by atoms with Crippen molar-refractivity contribution in [2.75, 3.05) is 24.5 Å². The highest BCUT2D eigenvalue weighted by molar-refractivity contribution is 5.65. The van der Waals surface area contributed by atoms with Gasteiger partial charge in [-0.1, -0.05) is 0 Å². The predicted molar refractivity (Wildman–Crippen MR) is 93.1 cm³/mol. The Labute approximate surface area is 145 Å². The Kier molecular flexibility index (Phi) is 5.11. The summed E-state index contributed by atoms with van der Waals surface area (Å²) in [4.78, 5) is 23.8. The average molecular weight is 344 g/mol. The highest BCUT2D eigenvalue weighted by Crippen LogP contribution is 2.24. The minimum Gasteiger partial charge on any atom is -0.465 e. The molecule has 0 aliphatic carbocycles. The number of hydrogen-bond donors (Lipinski definition) is 1. The summed E-state index contributed by atoms with van der Waals surface area (Å²) >= 11 is 0. The monoisotopic (exact) mass is 344 g/mol. The summed E-state index contributed by atoms with van der Waals surface area (Å²) in [5, 5.41) is 9.25. The molecule has 6 nitrogen and oxygen atoms in total. The molecule has 1 N–H and O–H groups in total. The first-order valence-corrected chi connectivity index (χ1v) is 8.41. The zero-order chi connectivity index (χ0) is 17.8. The summed E-state index contributed by atoms with van der Waals surface area (Å²) in [7, 11) is 0. The summed E-state index contributed by atoms with van der Waals surface area (Å²) in [6, 6.07) is 6.22. The van der Waals surface area contributed by atoms with Crippen molar-refractivity contribution < 1.29 is 14.3 Å². The largest absolute Gasteiger partial charge is 0.465 e. The van der Waals surface area contributed by atoms with E-state index in [-0.39, 0.29) is 11.9 Å². The minimum absolute atomic E-state index is 0.0481. The van der Waals surface area contributed by atoms with Gasteiger partial charge in [0, 0.05) is 31.2 Å². The van der Waals surface area contributed by atoms with Crippen LogP contribution in [-0.2, 0) is 0 Å². The van der Waals surface area contributed by atoms with E-state index in [1.165, 1.54) is 17.0 Å². The molecule has 1 saturated heterocycles. The number of anilines is 1. The fraction of sp³-hybridized carbons (Fsp3) is 0.389. The zero-order valence-corrected chi connectivity index (χ0v) is 14.1. The Morgan fingerprint density at radius 1 is 1.28 bits per heavy atom. The average Bonchev–Trinajstić information content (AvgIpc) is 2.63. The van der Waals surface area contributed by atoms with Crippen molar-refractivity contribution in [3.63, 3.8) is 0 Å². The Morgan fingerprint density at radius 3 is 2.56 bits per heavy atom. The lowest BCUT2D eigenvalue weighted by Gasteiger charge is -2.37. The van der Waals surface area contributed by atoms with Crippen LogP contribution in [0, 0.1) is 5.82 Å². The van der Waals surface area contributed by atoms with Gasteiger partial charge >= 0.3 is 6.09 Å². The van der Waals surface area contributed by atoms with Crippen LogP contribution in [-0.4, -0.2) is 51.7 Å². The van der Waals surface area contributed by atoms with Crippen molar-refractivity contribution in [3.8, 4) is 11.3 Å². The maximum absolute atomic E-state index is 13.1. The number of rotatable bonds is 4. The van der Waals surface area contributed by atoms with Crippen molar-refractivity contribution in [2.45, 2.75) is 25.8 Å². The lowest BCUT2D eigenvalue weighted by Crippen LogP contribution is -2.47. The van der Waals surface area contributed by atoms with Crippen molar-refractivity contribution in [3.05, 3.63) is 42.5 Å². The number of piperidine rings is 1. The normalized spacial score (nSPS) is 15.2. The van der Waals surface area contributed by atoms with E-state index in [1.54, 1.807) is 24.5 Å². The highest BCUT2D eigenvalue weighted by Gasteiger charge is 2.27. The van der Waals surface area contributed by atoms with Gasteiger partial charge < -0.3 is 14.9 Å². The molecule has 3 rings (SSSR count). The Bertz CT molecular complexity index is 730. The van der Waals surface area contributed by atoms with Crippen molar-refractivity contribution >= 4 is 11.9 Å². The summed E-state index contributed by atoms with van der Waals surface area (Å²) in [5.74, 6) is 0.479. The van der Waals surface area contributed by atoms with Crippen molar-refractivity contribution in [1.29, 1.82) is 0 Å². The summed E-state index contributed by atoms with van der Waals surface area (Å²) in [6.45, 7) is 3.82. The lowest BCUT2D eigenvalue weighted by molar-refractivity contribution is 0.119. The molecule has 0 radical (unpaired) electrons. The first kappa shape index (κ1) is 17.1. The molecule has 1 amide bonds. The second kappa shape index (κ2) is 7.46. The molecule has 7 heteroatoms. The summed E-state index contributed by atoms with van der Waals surface area (Å²) in [6.07, 6.45) is 4.04. The molecule has 2 aromatic rings. The second-order valence-electron chi connectivity index (χ2n) is 6.06. The molecule has 1 fully saturated rings. The third-order valence-corrected chi connectivity index (χ3v) is 4.58. The van der Waals surface area contributed by atoms with Crippen LogP contribution in [0.5, 0.6) is 0 Å². The second-order valence-corrected chi connectivity index (χ2v) is 6.06. The molecule has 0 spiro atoms. The first-order valence-electron chi connectivity index (χ1n) is 8.41. The Balaban J connectivity index is 1.71. The third kappa shape index (κ3) is 3.87. The van der Waals surface area contributed by atoms with E-state index in [9.17, 15) is 14.3 Å². The van der Waals surface area contributed by atoms with Gasteiger partial charge in [-0.3, -0.25) is 4.98 Å². The van der Waals surface area contributed by atoms with Gasteiger partial charge in [-0.25, -0.2) is 14.2 Å². The van der Waals surface area contributed by atoms with Gasteiger partial charge in [-0.05, 0) is 44.0 Å². The van der Waals surface area contributed by atoms with Gasteiger partial charge in [0.15, 0.2) is 0 Å². The van der Waals surface area contributed by atoms with E-state index in [1.807, 2.05) is 6.92 Å². The number of amides is 1. The molecule has 1 aromatic heterocycles. The van der Waals surface area contributed by atoms with Crippen LogP contribution in [0.1, 0.15) is 19.8 Å². The molecular weight excluding hydrogens is 323 g/mol. The smallest absolute Gasteiger partial charge is 0.407 e. The van der Waals surface area contributed by atoms with Gasteiger partial charge in [-0.15, -0.1) is 0 Å². The highest BCUT2D eigenvalue weighted by atomic mass is 19.1. The fourth-order valence-corrected chi connectivity index (χ4v) is 3.22. The summed E-state index contributed by atoms with van der Waals surface area (Å²) in [5.41, 5.74) is 1.51. The van der Waals surface area contributed by atoms with Crippen LogP contribution in [0.25, 0.3) is 11.3 Å². The number of aromatic nitrogens is 2. The molecule has 1 aliphatic rings. The molecule has 1 aliphatic heterocycles. The lowest BCUT2D eigenvalue weighted by atomic mass is 10.0. The number of carbonyl (C=O) groups is 1. The molecular formula is C18H21FN4O2. The Hall–Kier alpha value is -2.70. The number of hydrogen-bond acceptors (Lipinski definition) is 4. The van der Waals surface area contributed by atoms with E-state index in [2.05, 4.69) is 14.9 Å². The number of benzene rings is 1. The van der Waals surface area contributed by atoms with E-state index in [0.717, 1.165) is 37.3 Å². The third-order valence-electron chi connectivity index (χ3n) is 4.58. The molecule has 25 heavy (non-hydrogen) atoms. The molecule has 1 aromatic carbocycles. The Morgan fingerprint density at radius 2 is 1.96 bits per heavy atom. The first-order chi connectivity index (χ1) is 12.1. The van der Waals surface area contributed by atoms with Gasteiger partial charge in [0.25, 0.3) is 0 Å². The molecule has 0 bridgehead atoms. The maximum Gasteiger partial charge on any atom is 0.407 e. The van der Waals surface area contributed by atoms with E-state index < -0.39 is 6.09 Å². The molecule has 0 atom stereocenters.